The SMILES string of the molecule is CC(C)C1CCCN1c1nc2ccc(N)cc2[nH]1. The minimum atomic E-state index is 0.600. The quantitative estimate of drug-likeness (QED) is 0.799. The summed E-state index contributed by atoms with van der Waals surface area (Å²) in [6, 6.07) is 6.43. The van der Waals surface area contributed by atoms with Gasteiger partial charge in [0.05, 0.1) is 11.0 Å². The predicted molar refractivity (Wildman–Crippen MR) is 75.7 cm³/mol. The molecule has 3 N–H and O–H groups in total. The molecule has 0 bridgehead atoms. The molecule has 1 unspecified atom stereocenters. The fourth-order valence-corrected chi connectivity index (χ4v) is 2.90. The lowest BCUT2D eigenvalue weighted by Crippen LogP contribution is -2.34. The molecule has 1 atom stereocenters. The van der Waals surface area contributed by atoms with Gasteiger partial charge in [-0.15, -0.1) is 0 Å². The van der Waals surface area contributed by atoms with Gasteiger partial charge in [-0.3, -0.25) is 0 Å². The average molecular weight is 244 g/mol. The zero-order valence-electron chi connectivity index (χ0n) is 11.0. The predicted octanol–water partition coefficient (Wildman–Crippen LogP) is 2.77. The van der Waals surface area contributed by atoms with E-state index in [4.69, 9.17) is 5.73 Å². The van der Waals surface area contributed by atoms with Gasteiger partial charge in [0.25, 0.3) is 0 Å². The van der Waals surface area contributed by atoms with Crippen molar-refractivity contribution in [2.75, 3.05) is 17.2 Å². The lowest BCUT2D eigenvalue weighted by molar-refractivity contribution is 0.488. The molecule has 1 aliphatic rings. The molecule has 0 aliphatic carbocycles. The fourth-order valence-electron chi connectivity index (χ4n) is 2.90. The van der Waals surface area contributed by atoms with Gasteiger partial charge in [-0.05, 0) is 37.0 Å². The Morgan fingerprint density at radius 2 is 2.28 bits per heavy atom. The van der Waals surface area contributed by atoms with Crippen molar-refractivity contribution in [1.29, 1.82) is 0 Å². The number of aromatic amines is 1. The summed E-state index contributed by atoms with van der Waals surface area (Å²) in [7, 11) is 0. The van der Waals surface area contributed by atoms with Crippen molar-refractivity contribution in [3.63, 3.8) is 0 Å². The molecular formula is C14H20N4. The molecule has 0 saturated carbocycles. The number of nitrogens with one attached hydrogen (secondary N) is 1. The summed E-state index contributed by atoms with van der Waals surface area (Å²) >= 11 is 0. The molecule has 4 heteroatoms. The summed E-state index contributed by atoms with van der Waals surface area (Å²) in [6.07, 6.45) is 2.51. The first-order valence-electron chi connectivity index (χ1n) is 6.67. The maximum absolute atomic E-state index is 5.80. The molecule has 2 aromatic rings. The molecule has 1 aromatic heterocycles. The van der Waals surface area contributed by atoms with Crippen molar-refractivity contribution < 1.29 is 0 Å². The Morgan fingerprint density at radius 3 is 3.06 bits per heavy atom. The van der Waals surface area contributed by atoms with Crippen LogP contribution in [0.4, 0.5) is 11.6 Å². The summed E-state index contributed by atoms with van der Waals surface area (Å²) < 4.78 is 0. The number of anilines is 2. The van der Waals surface area contributed by atoms with Gasteiger partial charge in [0.1, 0.15) is 0 Å². The molecule has 1 saturated heterocycles. The Morgan fingerprint density at radius 1 is 1.44 bits per heavy atom. The van der Waals surface area contributed by atoms with Crippen LogP contribution in [-0.4, -0.2) is 22.6 Å². The maximum Gasteiger partial charge on any atom is 0.204 e. The van der Waals surface area contributed by atoms with Crippen LogP contribution in [0.1, 0.15) is 26.7 Å². The van der Waals surface area contributed by atoms with Crippen LogP contribution in [0.5, 0.6) is 0 Å². The van der Waals surface area contributed by atoms with E-state index in [-0.39, 0.29) is 0 Å². The van der Waals surface area contributed by atoms with E-state index in [1.165, 1.54) is 12.8 Å². The summed E-state index contributed by atoms with van der Waals surface area (Å²) in [5.74, 6) is 1.65. The lowest BCUT2D eigenvalue weighted by Gasteiger charge is -2.27. The number of hydrogen-bond acceptors (Lipinski definition) is 3. The van der Waals surface area contributed by atoms with Crippen LogP contribution in [0.15, 0.2) is 18.2 Å². The zero-order chi connectivity index (χ0) is 12.7. The second kappa shape index (κ2) is 4.19. The van der Waals surface area contributed by atoms with Gasteiger partial charge >= 0.3 is 0 Å². The van der Waals surface area contributed by atoms with E-state index in [0.717, 1.165) is 29.2 Å². The number of nitrogens with two attached hydrogens (primary N) is 1. The monoisotopic (exact) mass is 244 g/mol. The van der Waals surface area contributed by atoms with Gasteiger partial charge in [0.2, 0.25) is 5.95 Å². The van der Waals surface area contributed by atoms with Crippen molar-refractivity contribution in [3.8, 4) is 0 Å². The Bertz CT molecular complexity index is 558. The topological polar surface area (TPSA) is 57.9 Å². The molecule has 0 radical (unpaired) electrons. The summed E-state index contributed by atoms with van der Waals surface area (Å²) in [5.41, 5.74) is 8.60. The van der Waals surface area contributed by atoms with Crippen LogP contribution >= 0.6 is 0 Å². The van der Waals surface area contributed by atoms with Crippen molar-refractivity contribution in [3.05, 3.63) is 18.2 Å². The van der Waals surface area contributed by atoms with Crippen LogP contribution in [-0.2, 0) is 0 Å². The van der Waals surface area contributed by atoms with E-state index >= 15 is 0 Å². The Kier molecular flexibility index (Phi) is 2.65. The number of nitrogens with zero attached hydrogens (tertiary/aromatic N) is 2. The van der Waals surface area contributed by atoms with E-state index < -0.39 is 0 Å². The molecule has 2 heterocycles. The fraction of sp³-hybridized carbons (Fsp3) is 0.500. The molecular weight excluding hydrogens is 224 g/mol. The molecule has 0 amide bonds. The average Bonchev–Trinajstić information content (AvgIpc) is 2.93. The first kappa shape index (κ1) is 11.4. The second-order valence-corrected chi connectivity index (χ2v) is 5.48. The first-order chi connectivity index (χ1) is 8.65. The number of rotatable bonds is 2. The zero-order valence-corrected chi connectivity index (χ0v) is 11.0. The number of aromatic nitrogens is 2. The molecule has 0 spiro atoms. The molecule has 4 nitrogen and oxygen atoms in total. The highest BCUT2D eigenvalue weighted by Crippen LogP contribution is 2.29. The Balaban J connectivity index is 1.98. The highest BCUT2D eigenvalue weighted by atomic mass is 15.3. The van der Waals surface area contributed by atoms with Crippen LogP contribution < -0.4 is 10.6 Å². The third-order valence-electron chi connectivity index (χ3n) is 3.83. The van der Waals surface area contributed by atoms with Gasteiger partial charge in [0, 0.05) is 18.3 Å². The number of benzene rings is 1. The molecule has 1 aromatic carbocycles. The van der Waals surface area contributed by atoms with Crippen LogP contribution in [0, 0.1) is 5.92 Å². The third kappa shape index (κ3) is 1.82. The standard InChI is InChI=1S/C14H20N4/c1-9(2)13-4-3-7-18(13)14-16-11-6-5-10(15)8-12(11)17-14/h5-6,8-9,13H,3-4,7,15H2,1-2H3,(H,16,17). The van der Waals surface area contributed by atoms with Gasteiger partial charge < -0.3 is 15.6 Å². The number of hydrogen-bond donors (Lipinski definition) is 2. The van der Waals surface area contributed by atoms with Gasteiger partial charge in [-0.2, -0.15) is 0 Å². The van der Waals surface area contributed by atoms with Crippen molar-refractivity contribution in [2.24, 2.45) is 5.92 Å². The van der Waals surface area contributed by atoms with Crippen molar-refractivity contribution in [2.45, 2.75) is 32.7 Å². The largest absolute Gasteiger partial charge is 0.399 e. The van der Waals surface area contributed by atoms with Crippen LogP contribution in [0.25, 0.3) is 11.0 Å². The smallest absolute Gasteiger partial charge is 0.204 e. The lowest BCUT2D eigenvalue weighted by atomic mass is 10.0. The number of imidazole rings is 1. The Hall–Kier alpha value is -1.71. The highest BCUT2D eigenvalue weighted by Gasteiger charge is 2.29. The molecule has 96 valence electrons. The van der Waals surface area contributed by atoms with E-state index in [1.54, 1.807) is 0 Å². The summed E-state index contributed by atoms with van der Waals surface area (Å²) in [5, 5.41) is 0. The Labute approximate surface area is 107 Å². The number of fused-ring (bicyclic) bond motifs is 1. The van der Waals surface area contributed by atoms with Crippen LogP contribution in [0.2, 0.25) is 0 Å². The van der Waals surface area contributed by atoms with E-state index in [0.29, 0.717) is 12.0 Å². The molecule has 1 aliphatic heterocycles. The van der Waals surface area contributed by atoms with Crippen molar-refractivity contribution in [1.82, 2.24) is 9.97 Å². The third-order valence-corrected chi connectivity index (χ3v) is 3.83. The summed E-state index contributed by atoms with van der Waals surface area (Å²) in [4.78, 5) is 10.5. The van der Waals surface area contributed by atoms with Crippen LogP contribution in [0.3, 0.4) is 0 Å². The second-order valence-electron chi connectivity index (χ2n) is 5.48. The normalized spacial score (nSPS) is 20.2. The first-order valence-corrected chi connectivity index (χ1v) is 6.67. The molecule has 3 rings (SSSR count). The van der Waals surface area contributed by atoms with E-state index in [2.05, 4.69) is 28.7 Å². The number of nitrogen functional groups attached to an aromatic ring is 1. The van der Waals surface area contributed by atoms with Gasteiger partial charge in [0.15, 0.2) is 0 Å². The highest BCUT2D eigenvalue weighted by molar-refractivity contribution is 5.81. The minimum Gasteiger partial charge on any atom is -0.399 e. The molecule has 18 heavy (non-hydrogen) atoms. The number of H-pyrrole nitrogens is 1. The van der Waals surface area contributed by atoms with E-state index in [9.17, 15) is 0 Å². The summed E-state index contributed by atoms with van der Waals surface area (Å²) in [6.45, 7) is 5.66. The molecule has 1 fully saturated rings. The van der Waals surface area contributed by atoms with E-state index in [1.807, 2.05) is 18.2 Å². The van der Waals surface area contributed by atoms with Gasteiger partial charge in [-0.25, -0.2) is 4.98 Å². The van der Waals surface area contributed by atoms with Crippen molar-refractivity contribution >= 4 is 22.7 Å². The maximum atomic E-state index is 5.80. The van der Waals surface area contributed by atoms with Gasteiger partial charge in [-0.1, -0.05) is 13.8 Å². The minimum absolute atomic E-state index is 0.600.